The molecular formula is C21H40O3. The molecule has 0 aliphatic carbocycles. The van der Waals surface area contributed by atoms with Gasteiger partial charge in [0.15, 0.2) is 0 Å². The van der Waals surface area contributed by atoms with E-state index in [0.717, 1.165) is 18.8 Å². The molecule has 0 N–H and O–H groups in total. The first-order valence-electron chi connectivity index (χ1n) is 10.2. The molecule has 0 fully saturated rings. The van der Waals surface area contributed by atoms with Crippen molar-refractivity contribution in [2.45, 2.75) is 117 Å². The molecule has 0 heterocycles. The minimum Gasteiger partial charge on any atom is -0.393 e. The molecule has 3 heteroatoms. The Labute approximate surface area is 149 Å². The van der Waals surface area contributed by atoms with Crippen LogP contribution in [0.1, 0.15) is 117 Å². The molecular weight excluding hydrogens is 300 g/mol. The molecule has 0 amide bonds. The number of rotatable bonds is 16. The lowest BCUT2D eigenvalue weighted by Crippen LogP contribution is -2.08. The average Bonchev–Trinajstić information content (AvgIpc) is 2.50. The molecule has 0 atom stereocenters. The second-order valence-electron chi connectivity index (χ2n) is 7.49. The summed E-state index contributed by atoms with van der Waals surface area (Å²) in [5, 5.41) is 0. The van der Waals surface area contributed by atoms with Crippen LogP contribution >= 0.6 is 0 Å². The Morgan fingerprint density at radius 3 is 1.42 bits per heavy atom. The zero-order valence-electron chi connectivity index (χ0n) is 16.4. The maximum absolute atomic E-state index is 11.2. The van der Waals surface area contributed by atoms with Crippen molar-refractivity contribution in [2.75, 3.05) is 0 Å². The van der Waals surface area contributed by atoms with Crippen molar-refractivity contribution in [3.63, 3.8) is 0 Å². The van der Waals surface area contributed by atoms with Gasteiger partial charge in [-0.15, -0.1) is 0 Å². The lowest BCUT2D eigenvalue weighted by molar-refractivity contribution is -0.158. The monoisotopic (exact) mass is 340 g/mol. The molecule has 142 valence electrons. The maximum Gasteiger partial charge on any atom is 0.313 e. The zero-order valence-corrected chi connectivity index (χ0v) is 16.4. The van der Waals surface area contributed by atoms with Crippen molar-refractivity contribution < 1.29 is 14.3 Å². The van der Waals surface area contributed by atoms with Crippen molar-refractivity contribution in [3.8, 4) is 0 Å². The van der Waals surface area contributed by atoms with Gasteiger partial charge in [0, 0.05) is 13.3 Å². The van der Waals surface area contributed by atoms with Gasteiger partial charge in [0.2, 0.25) is 0 Å². The summed E-state index contributed by atoms with van der Waals surface area (Å²) in [5.41, 5.74) is 0. The van der Waals surface area contributed by atoms with Crippen molar-refractivity contribution in [3.05, 3.63) is 0 Å². The number of ether oxygens (including phenoxy) is 1. The fourth-order valence-corrected chi connectivity index (χ4v) is 2.98. The summed E-state index contributed by atoms with van der Waals surface area (Å²) in [5.74, 6) is -0.0263. The van der Waals surface area contributed by atoms with Crippen LogP contribution in [0, 0.1) is 5.92 Å². The standard InChI is InChI=1S/C21H40O3/c1-19(2)17-15-13-11-9-7-5-4-6-8-10-12-14-16-18-21(23)24-20(3)22/h19H,4-18H2,1-3H3. The number of carbonyl (C=O) groups excluding carboxylic acids is 2. The first kappa shape index (κ1) is 23.1. The summed E-state index contributed by atoms with van der Waals surface area (Å²) >= 11 is 0. The van der Waals surface area contributed by atoms with Gasteiger partial charge in [-0.1, -0.05) is 97.3 Å². The van der Waals surface area contributed by atoms with Crippen LogP contribution < -0.4 is 0 Å². The number of carbonyl (C=O) groups is 2. The predicted molar refractivity (Wildman–Crippen MR) is 101 cm³/mol. The van der Waals surface area contributed by atoms with Crippen LogP contribution in [0.3, 0.4) is 0 Å². The van der Waals surface area contributed by atoms with E-state index in [2.05, 4.69) is 18.6 Å². The second-order valence-corrected chi connectivity index (χ2v) is 7.49. The van der Waals surface area contributed by atoms with E-state index in [4.69, 9.17) is 0 Å². The van der Waals surface area contributed by atoms with Crippen molar-refractivity contribution in [1.82, 2.24) is 0 Å². The Morgan fingerprint density at radius 1 is 0.667 bits per heavy atom. The Hall–Kier alpha value is -0.860. The van der Waals surface area contributed by atoms with Gasteiger partial charge >= 0.3 is 11.9 Å². The van der Waals surface area contributed by atoms with Crippen LogP contribution in [0.4, 0.5) is 0 Å². The molecule has 0 aromatic heterocycles. The average molecular weight is 341 g/mol. The van der Waals surface area contributed by atoms with E-state index in [1.165, 1.54) is 84.0 Å². The molecule has 0 bridgehead atoms. The fourth-order valence-electron chi connectivity index (χ4n) is 2.98. The molecule has 0 rings (SSSR count). The highest BCUT2D eigenvalue weighted by atomic mass is 16.6. The van der Waals surface area contributed by atoms with Crippen LogP contribution in [-0.4, -0.2) is 11.9 Å². The van der Waals surface area contributed by atoms with Gasteiger partial charge in [-0.2, -0.15) is 0 Å². The molecule has 0 aromatic carbocycles. The third kappa shape index (κ3) is 19.2. The van der Waals surface area contributed by atoms with Gasteiger partial charge in [-0.3, -0.25) is 9.59 Å². The summed E-state index contributed by atoms with van der Waals surface area (Å²) in [6.07, 6.45) is 18.6. The molecule has 0 saturated carbocycles. The van der Waals surface area contributed by atoms with Crippen LogP contribution in [0.2, 0.25) is 0 Å². The SMILES string of the molecule is CC(=O)OC(=O)CCCCCCCCCCCCCCCC(C)C. The Morgan fingerprint density at radius 2 is 1.04 bits per heavy atom. The van der Waals surface area contributed by atoms with Gasteiger partial charge in [0.25, 0.3) is 0 Å². The van der Waals surface area contributed by atoms with E-state index < -0.39 is 5.97 Å². The normalized spacial score (nSPS) is 11.0. The Kier molecular flexibility index (Phi) is 16.4. The van der Waals surface area contributed by atoms with E-state index in [9.17, 15) is 9.59 Å². The summed E-state index contributed by atoms with van der Waals surface area (Å²) in [7, 11) is 0. The number of esters is 2. The van der Waals surface area contributed by atoms with Crippen LogP contribution in [0.25, 0.3) is 0 Å². The molecule has 0 aliphatic heterocycles. The summed E-state index contributed by atoms with van der Waals surface area (Å²) in [6, 6.07) is 0. The van der Waals surface area contributed by atoms with Crippen LogP contribution in [-0.2, 0) is 14.3 Å². The quantitative estimate of drug-likeness (QED) is 0.181. The maximum atomic E-state index is 11.2. The molecule has 0 unspecified atom stereocenters. The fraction of sp³-hybridized carbons (Fsp3) is 0.905. The van der Waals surface area contributed by atoms with Crippen LogP contribution in [0.15, 0.2) is 0 Å². The molecule has 0 spiro atoms. The number of hydrogen-bond donors (Lipinski definition) is 0. The van der Waals surface area contributed by atoms with Gasteiger partial charge in [0.1, 0.15) is 0 Å². The van der Waals surface area contributed by atoms with Gasteiger partial charge in [-0.25, -0.2) is 0 Å². The molecule has 0 aliphatic rings. The summed E-state index contributed by atoms with van der Waals surface area (Å²) in [6.45, 7) is 5.88. The van der Waals surface area contributed by atoms with E-state index in [-0.39, 0.29) is 5.97 Å². The van der Waals surface area contributed by atoms with Crippen molar-refractivity contribution in [2.24, 2.45) is 5.92 Å². The third-order valence-corrected chi connectivity index (χ3v) is 4.42. The van der Waals surface area contributed by atoms with E-state index in [1.807, 2.05) is 0 Å². The second kappa shape index (κ2) is 17.0. The zero-order chi connectivity index (χ0) is 18.0. The van der Waals surface area contributed by atoms with Gasteiger partial charge < -0.3 is 4.74 Å². The van der Waals surface area contributed by atoms with Crippen molar-refractivity contribution >= 4 is 11.9 Å². The number of unbranched alkanes of at least 4 members (excludes halogenated alkanes) is 12. The molecule has 0 radical (unpaired) electrons. The highest BCUT2D eigenvalue weighted by Crippen LogP contribution is 2.14. The minimum atomic E-state index is -0.504. The van der Waals surface area contributed by atoms with E-state index in [0.29, 0.717) is 6.42 Å². The predicted octanol–water partition coefficient (Wildman–Crippen LogP) is 6.58. The Balaban J connectivity index is 3.10. The van der Waals surface area contributed by atoms with Gasteiger partial charge in [-0.05, 0) is 12.3 Å². The third-order valence-electron chi connectivity index (χ3n) is 4.42. The molecule has 3 nitrogen and oxygen atoms in total. The minimum absolute atomic E-state index is 0.372. The highest BCUT2D eigenvalue weighted by Gasteiger charge is 2.04. The Bertz CT molecular complexity index is 310. The smallest absolute Gasteiger partial charge is 0.313 e. The van der Waals surface area contributed by atoms with Crippen molar-refractivity contribution in [1.29, 1.82) is 0 Å². The first-order chi connectivity index (χ1) is 11.5. The topological polar surface area (TPSA) is 43.4 Å². The lowest BCUT2D eigenvalue weighted by Gasteiger charge is -2.05. The van der Waals surface area contributed by atoms with Crippen LogP contribution in [0.5, 0.6) is 0 Å². The molecule has 24 heavy (non-hydrogen) atoms. The van der Waals surface area contributed by atoms with E-state index in [1.54, 1.807) is 0 Å². The van der Waals surface area contributed by atoms with Gasteiger partial charge in [0.05, 0.1) is 0 Å². The van der Waals surface area contributed by atoms with E-state index >= 15 is 0 Å². The molecule has 0 aromatic rings. The lowest BCUT2D eigenvalue weighted by atomic mass is 10.0. The molecule has 0 saturated heterocycles. The first-order valence-corrected chi connectivity index (χ1v) is 10.2. The summed E-state index contributed by atoms with van der Waals surface area (Å²) < 4.78 is 4.50. The highest BCUT2D eigenvalue weighted by molar-refractivity contribution is 5.83. The summed E-state index contributed by atoms with van der Waals surface area (Å²) in [4.78, 5) is 21.7. The number of hydrogen-bond acceptors (Lipinski definition) is 3. The largest absolute Gasteiger partial charge is 0.393 e.